The molecule has 1 unspecified atom stereocenters. The van der Waals surface area contributed by atoms with Crippen molar-refractivity contribution in [2.45, 2.75) is 19.8 Å². The minimum absolute atomic E-state index is 0.0125. The van der Waals surface area contributed by atoms with Crippen LogP contribution in [0.2, 0.25) is 0 Å². The van der Waals surface area contributed by atoms with E-state index in [-0.39, 0.29) is 18.4 Å². The summed E-state index contributed by atoms with van der Waals surface area (Å²) < 4.78 is 5.10. The highest BCUT2D eigenvalue weighted by molar-refractivity contribution is 5.78. The van der Waals surface area contributed by atoms with Crippen LogP contribution in [0.1, 0.15) is 18.9 Å². The summed E-state index contributed by atoms with van der Waals surface area (Å²) in [5, 5.41) is 9.13. The molecule has 0 heterocycles. The Bertz CT molecular complexity index is 385. The second kappa shape index (κ2) is 7.79. The fraction of sp³-hybridized carbons (Fsp3) is 0.533. The molecule has 4 nitrogen and oxygen atoms in total. The van der Waals surface area contributed by atoms with Gasteiger partial charge in [0.2, 0.25) is 5.91 Å². The molecule has 0 aromatic heterocycles. The van der Waals surface area contributed by atoms with E-state index in [9.17, 15) is 4.79 Å². The molecule has 19 heavy (non-hydrogen) atoms. The molecule has 0 saturated heterocycles. The summed E-state index contributed by atoms with van der Waals surface area (Å²) in [7, 11) is 3.42. The first-order valence-corrected chi connectivity index (χ1v) is 6.61. The standard InChI is InChI=1S/C15H23NO3/c1-4-13(11-17)15(18)16(2)10-9-12-5-7-14(19-3)8-6-12/h5-8,13,17H,4,9-11H2,1-3H3. The monoisotopic (exact) mass is 265 g/mol. The van der Waals surface area contributed by atoms with Crippen molar-refractivity contribution in [3.05, 3.63) is 29.8 Å². The number of rotatable bonds is 7. The molecule has 0 aliphatic heterocycles. The van der Waals surface area contributed by atoms with Crippen LogP contribution in [0, 0.1) is 5.92 Å². The molecule has 0 aliphatic rings. The fourth-order valence-electron chi connectivity index (χ4n) is 1.89. The maximum Gasteiger partial charge on any atom is 0.227 e. The maximum absolute atomic E-state index is 12.0. The summed E-state index contributed by atoms with van der Waals surface area (Å²) in [6.45, 7) is 2.49. The third kappa shape index (κ3) is 4.56. The Kier molecular flexibility index (Phi) is 6.36. The van der Waals surface area contributed by atoms with Crippen LogP contribution >= 0.6 is 0 Å². The molecule has 1 rings (SSSR count). The quantitative estimate of drug-likeness (QED) is 0.816. The molecule has 1 aromatic rings. The first kappa shape index (κ1) is 15.5. The average molecular weight is 265 g/mol. The number of hydrogen-bond acceptors (Lipinski definition) is 3. The van der Waals surface area contributed by atoms with Gasteiger partial charge in [0.1, 0.15) is 5.75 Å². The minimum atomic E-state index is -0.277. The molecule has 0 aliphatic carbocycles. The van der Waals surface area contributed by atoms with Crippen molar-refractivity contribution in [1.82, 2.24) is 4.90 Å². The lowest BCUT2D eigenvalue weighted by atomic mass is 10.1. The maximum atomic E-state index is 12.0. The van der Waals surface area contributed by atoms with Gasteiger partial charge in [0.25, 0.3) is 0 Å². The Labute approximate surface area is 115 Å². The zero-order valence-electron chi connectivity index (χ0n) is 11.9. The van der Waals surface area contributed by atoms with Gasteiger partial charge in [-0.25, -0.2) is 0 Å². The fourth-order valence-corrected chi connectivity index (χ4v) is 1.89. The lowest BCUT2D eigenvalue weighted by molar-refractivity contribution is -0.135. The number of aliphatic hydroxyl groups is 1. The van der Waals surface area contributed by atoms with E-state index in [1.807, 2.05) is 31.2 Å². The molecule has 0 spiro atoms. The van der Waals surface area contributed by atoms with Crippen molar-refractivity contribution in [2.24, 2.45) is 5.92 Å². The number of aliphatic hydroxyl groups excluding tert-OH is 1. The number of carbonyl (C=O) groups excluding carboxylic acids is 1. The summed E-state index contributed by atoms with van der Waals surface area (Å²) in [5.74, 6) is 0.568. The second-order valence-corrected chi connectivity index (χ2v) is 4.65. The van der Waals surface area contributed by atoms with Crippen molar-refractivity contribution >= 4 is 5.91 Å². The lowest BCUT2D eigenvalue weighted by Gasteiger charge is -2.21. The van der Waals surface area contributed by atoms with Gasteiger partial charge in [0, 0.05) is 13.6 Å². The molecule has 1 atom stereocenters. The van der Waals surface area contributed by atoms with Crippen LogP contribution in [0.25, 0.3) is 0 Å². The predicted molar refractivity (Wildman–Crippen MR) is 75.2 cm³/mol. The number of methoxy groups -OCH3 is 1. The lowest BCUT2D eigenvalue weighted by Crippen LogP contribution is -2.35. The highest BCUT2D eigenvalue weighted by atomic mass is 16.5. The molecule has 0 saturated carbocycles. The smallest absolute Gasteiger partial charge is 0.227 e. The number of ether oxygens (including phenoxy) is 1. The molecule has 4 heteroatoms. The van der Waals surface area contributed by atoms with E-state index in [1.165, 1.54) is 0 Å². The van der Waals surface area contributed by atoms with Gasteiger partial charge in [-0.1, -0.05) is 19.1 Å². The molecule has 0 radical (unpaired) electrons. The van der Waals surface area contributed by atoms with Gasteiger partial charge in [0.05, 0.1) is 19.6 Å². The molecule has 1 N–H and O–H groups in total. The number of amides is 1. The van der Waals surface area contributed by atoms with Gasteiger partial charge in [-0.05, 0) is 30.5 Å². The van der Waals surface area contributed by atoms with E-state index in [0.717, 1.165) is 17.7 Å². The second-order valence-electron chi connectivity index (χ2n) is 4.65. The molecule has 0 bridgehead atoms. The minimum Gasteiger partial charge on any atom is -0.497 e. The molecule has 1 amide bonds. The highest BCUT2D eigenvalue weighted by Crippen LogP contribution is 2.12. The van der Waals surface area contributed by atoms with E-state index in [0.29, 0.717) is 13.0 Å². The molecular weight excluding hydrogens is 242 g/mol. The Hall–Kier alpha value is -1.55. The van der Waals surface area contributed by atoms with Crippen LogP contribution in [-0.4, -0.2) is 43.2 Å². The van der Waals surface area contributed by atoms with E-state index in [2.05, 4.69) is 0 Å². The topological polar surface area (TPSA) is 49.8 Å². The van der Waals surface area contributed by atoms with E-state index >= 15 is 0 Å². The van der Waals surface area contributed by atoms with Crippen molar-refractivity contribution in [2.75, 3.05) is 27.3 Å². The van der Waals surface area contributed by atoms with E-state index in [4.69, 9.17) is 9.84 Å². The predicted octanol–water partition coefficient (Wildman–Crippen LogP) is 1.71. The van der Waals surface area contributed by atoms with E-state index < -0.39 is 0 Å². The zero-order valence-corrected chi connectivity index (χ0v) is 11.9. The third-order valence-corrected chi connectivity index (χ3v) is 3.33. The van der Waals surface area contributed by atoms with Crippen molar-refractivity contribution in [3.63, 3.8) is 0 Å². The number of carbonyl (C=O) groups is 1. The molecule has 1 aromatic carbocycles. The van der Waals surface area contributed by atoms with Crippen molar-refractivity contribution in [3.8, 4) is 5.75 Å². The van der Waals surface area contributed by atoms with Crippen molar-refractivity contribution in [1.29, 1.82) is 0 Å². The molecule has 106 valence electrons. The largest absolute Gasteiger partial charge is 0.497 e. The summed E-state index contributed by atoms with van der Waals surface area (Å²) in [6, 6.07) is 7.83. The van der Waals surface area contributed by atoms with Crippen LogP contribution in [0.15, 0.2) is 24.3 Å². The van der Waals surface area contributed by atoms with Gasteiger partial charge >= 0.3 is 0 Å². The van der Waals surface area contributed by atoms with E-state index in [1.54, 1.807) is 19.1 Å². The number of likely N-dealkylation sites (N-methyl/N-ethyl adjacent to an activating group) is 1. The number of benzene rings is 1. The van der Waals surface area contributed by atoms with Gasteiger partial charge in [-0.15, -0.1) is 0 Å². The molecular formula is C15H23NO3. The summed E-state index contributed by atoms with van der Waals surface area (Å²) in [6.07, 6.45) is 1.47. The van der Waals surface area contributed by atoms with Crippen LogP contribution in [0.3, 0.4) is 0 Å². The van der Waals surface area contributed by atoms with Crippen LogP contribution in [0.4, 0.5) is 0 Å². The zero-order chi connectivity index (χ0) is 14.3. The van der Waals surface area contributed by atoms with Gasteiger partial charge in [-0.3, -0.25) is 4.79 Å². The Balaban J connectivity index is 2.48. The third-order valence-electron chi connectivity index (χ3n) is 3.33. The first-order valence-electron chi connectivity index (χ1n) is 6.61. The Morgan fingerprint density at radius 3 is 2.47 bits per heavy atom. The summed E-state index contributed by atoms with van der Waals surface area (Å²) in [5.41, 5.74) is 1.16. The SMILES string of the molecule is CCC(CO)C(=O)N(C)CCc1ccc(OC)cc1. The highest BCUT2D eigenvalue weighted by Gasteiger charge is 2.18. The Morgan fingerprint density at radius 2 is 2.00 bits per heavy atom. The normalized spacial score (nSPS) is 12.0. The van der Waals surface area contributed by atoms with Gasteiger partial charge in [0.15, 0.2) is 0 Å². The number of hydrogen-bond donors (Lipinski definition) is 1. The van der Waals surface area contributed by atoms with Gasteiger partial charge < -0.3 is 14.7 Å². The van der Waals surface area contributed by atoms with Gasteiger partial charge in [-0.2, -0.15) is 0 Å². The average Bonchev–Trinajstić information content (AvgIpc) is 2.46. The molecule has 0 fully saturated rings. The van der Waals surface area contributed by atoms with Crippen LogP contribution < -0.4 is 4.74 Å². The first-order chi connectivity index (χ1) is 9.12. The van der Waals surface area contributed by atoms with Crippen molar-refractivity contribution < 1.29 is 14.6 Å². The summed E-state index contributed by atoms with van der Waals surface area (Å²) >= 11 is 0. The summed E-state index contributed by atoms with van der Waals surface area (Å²) in [4.78, 5) is 13.7. The Morgan fingerprint density at radius 1 is 1.37 bits per heavy atom. The van der Waals surface area contributed by atoms with Crippen LogP contribution in [0.5, 0.6) is 5.75 Å². The van der Waals surface area contributed by atoms with Crippen LogP contribution in [-0.2, 0) is 11.2 Å². The number of nitrogens with zero attached hydrogens (tertiary/aromatic N) is 1.